The van der Waals surface area contributed by atoms with Gasteiger partial charge in [-0.2, -0.15) is 0 Å². The molecule has 0 radical (unpaired) electrons. The van der Waals surface area contributed by atoms with E-state index >= 15 is 0 Å². The molecule has 0 bridgehead atoms. The van der Waals surface area contributed by atoms with Gasteiger partial charge in [0.15, 0.2) is 0 Å². The van der Waals surface area contributed by atoms with E-state index in [1.807, 2.05) is 0 Å². The highest BCUT2D eigenvalue weighted by molar-refractivity contribution is 6.60. The van der Waals surface area contributed by atoms with Gasteiger partial charge in [-0.1, -0.05) is 89.9 Å². The van der Waals surface area contributed by atoms with Crippen molar-refractivity contribution in [3.8, 4) is 0 Å². The third-order valence-corrected chi connectivity index (χ3v) is 8.20. The molecule has 0 aliphatic carbocycles. The zero-order valence-electron chi connectivity index (χ0n) is 18.0. The molecule has 0 saturated heterocycles. The van der Waals surface area contributed by atoms with Crippen LogP contribution in [0.2, 0.25) is 6.04 Å². The Hall–Kier alpha value is 0.0569. The first-order chi connectivity index (χ1) is 12.7. The number of rotatable bonds is 21. The highest BCUT2D eigenvalue weighted by Gasteiger charge is 2.36. The summed E-state index contributed by atoms with van der Waals surface area (Å²) in [7, 11) is 2.76. The fourth-order valence-electron chi connectivity index (χ4n) is 3.52. The Morgan fingerprint density at radius 3 is 1.00 bits per heavy atom. The second kappa shape index (κ2) is 19.8. The SMILES string of the molecule is CO[Si](CCCCCCCCCCCCCCCCCCN)(OC)OC. The zero-order valence-corrected chi connectivity index (χ0v) is 19.0. The van der Waals surface area contributed by atoms with Crippen LogP contribution in [0.3, 0.4) is 0 Å². The highest BCUT2D eigenvalue weighted by atomic mass is 28.4. The monoisotopic (exact) mass is 389 g/mol. The maximum atomic E-state index is 5.51. The summed E-state index contributed by atoms with van der Waals surface area (Å²) in [6.07, 6.45) is 21.8. The topological polar surface area (TPSA) is 53.7 Å². The summed E-state index contributed by atoms with van der Waals surface area (Å²) in [6.45, 7) is 0.859. The first-order valence-corrected chi connectivity index (χ1v) is 13.0. The molecule has 0 aromatic heterocycles. The van der Waals surface area contributed by atoms with Gasteiger partial charge in [0.25, 0.3) is 0 Å². The second-order valence-electron chi connectivity index (χ2n) is 7.49. The molecule has 0 spiro atoms. The lowest BCUT2D eigenvalue weighted by Crippen LogP contribution is -2.42. The average Bonchev–Trinajstić information content (AvgIpc) is 2.68. The Bertz CT molecular complexity index is 268. The number of hydrogen-bond donors (Lipinski definition) is 1. The summed E-state index contributed by atoms with van der Waals surface area (Å²) >= 11 is 0. The van der Waals surface area contributed by atoms with Crippen molar-refractivity contribution in [1.82, 2.24) is 0 Å². The minimum Gasteiger partial charge on any atom is -0.377 e. The van der Waals surface area contributed by atoms with Gasteiger partial charge in [0.1, 0.15) is 0 Å². The van der Waals surface area contributed by atoms with Crippen molar-refractivity contribution in [2.45, 2.75) is 109 Å². The maximum absolute atomic E-state index is 5.51. The van der Waals surface area contributed by atoms with Crippen LogP contribution in [0, 0.1) is 0 Å². The molecule has 0 saturated carbocycles. The molecule has 26 heavy (non-hydrogen) atoms. The van der Waals surface area contributed by atoms with Gasteiger partial charge in [-0.05, 0) is 19.4 Å². The zero-order chi connectivity index (χ0) is 19.3. The summed E-state index contributed by atoms with van der Waals surface area (Å²) < 4.78 is 16.4. The van der Waals surface area contributed by atoms with Gasteiger partial charge >= 0.3 is 8.80 Å². The van der Waals surface area contributed by atoms with E-state index in [-0.39, 0.29) is 0 Å². The lowest BCUT2D eigenvalue weighted by atomic mass is 10.0. The summed E-state index contributed by atoms with van der Waals surface area (Å²) in [5.74, 6) is 0. The van der Waals surface area contributed by atoms with Crippen molar-refractivity contribution in [1.29, 1.82) is 0 Å². The molecule has 0 aliphatic rings. The van der Waals surface area contributed by atoms with Crippen molar-refractivity contribution < 1.29 is 13.3 Å². The quantitative estimate of drug-likeness (QED) is 0.191. The van der Waals surface area contributed by atoms with E-state index in [1.165, 1.54) is 96.3 Å². The lowest BCUT2D eigenvalue weighted by Gasteiger charge is -2.24. The van der Waals surface area contributed by atoms with E-state index in [1.54, 1.807) is 21.3 Å². The molecule has 4 nitrogen and oxygen atoms in total. The summed E-state index contributed by atoms with van der Waals surface area (Å²) in [5.41, 5.74) is 5.51. The minimum absolute atomic E-state index is 0.859. The Labute approximate surface area is 164 Å². The molecule has 5 heteroatoms. The second-order valence-corrected chi connectivity index (χ2v) is 10.6. The van der Waals surface area contributed by atoms with Crippen molar-refractivity contribution in [2.24, 2.45) is 5.73 Å². The highest BCUT2D eigenvalue weighted by Crippen LogP contribution is 2.18. The predicted molar refractivity (Wildman–Crippen MR) is 115 cm³/mol. The van der Waals surface area contributed by atoms with E-state index in [0.29, 0.717) is 0 Å². The van der Waals surface area contributed by atoms with Crippen LogP contribution in [-0.4, -0.2) is 36.7 Å². The molecule has 0 aromatic carbocycles. The van der Waals surface area contributed by atoms with Crippen molar-refractivity contribution >= 4 is 8.80 Å². The van der Waals surface area contributed by atoms with Crippen LogP contribution < -0.4 is 5.73 Å². The minimum atomic E-state index is -2.33. The normalized spacial score (nSPS) is 12.0. The molecule has 0 unspecified atom stereocenters. The largest absolute Gasteiger partial charge is 0.500 e. The molecular formula is C21H47NO3Si. The van der Waals surface area contributed by atoms with E-state index in [4.69, 9.17) is 19.0 Å². The van der Waals surface area contributed by atoms with Gasteiger partial charge in [0.05, 0.1) is 0 Å². The van der Waals surface area contributed by atoms with Crippen LogP contribution in [0.4, 0.5) is 0 Å². The molecule has 2 N–H and O–H groups in total. The smallest absolute Gasteiger partial charge is 0.377 e. The summed E-state index contributed by atoms with van der Waals surface area (Å²) in [4.78, 5) is 0. The van der Waals surface area contributed by atoms with Gasteiger partial charge in [-0.15, -0.1) is 0 Å². The molecule has 0 aliphatic heterocycles. The van der Waals surface area contributed by atoms with Crippen molar-refractivity contribution in [2.75, 3.05) is 27.9 Å². The standard InChI is InChI=1S/C21H47NO3Si/c1-23-26(24-2,25-3)21-19-17-15-13-11-9-7-5-4-6-8-10-12-14-16-18-20-22/h4-22H2,1-3H3. The molecule has 0 atom stereocenters. The summed E-state index contributed by atoms with van der Waals surface area (Å²) in [6, 6.07) is 0.934. The van der Waals surface area contributed by atoms with Gasteiger partial charge in [-0.25, -0.2) is 0 Å². The lowest BCUT2D eigenvalue weighted by molar-refractivity contribution is 0.122. The van der Waals surface area contributed by atoms with E-state index in [0.717, 1.165) is 19.0 Å². The van der Waals surface area contributed by atoms with Crippen LogP contribution in [0.5, 0.6) is 0 Å². The molecular weight excluding hydrogens is 342 g/mol. The van der Waals surface area contributed by atoms with Gasteiger partial charge in [0.2, 0.25) is 0 Å². The van der Waals surface area contributed by atoms with Crippen LogP contribution >= 0.6 is 0 Å². The Morgan fingerprint density at radius 2 is 0.731 bits per heavy atom. The van der Waals surface area contributed by atoms with Crippen LogP contribution in [0.25, 0.3) is 0 Å². The van der Waals surface area contributed by atoms with Gasteiger partial charge < -0.3 is 19.0 Å². The molecule has 158 valence electrons. The first kappa shape index (κ1) is 26.1. The van der Waals surface area contributed by atoms with E-state index in [9.17, 15) is 0 Å². The molecule has 0 amide bonds. The van der Waals surface area contributed by atoms with Crippen LogP contribution in [0.1, 0.15) is 103 Å². The Morgan fingerprint density at radius 1 is 0.462 bits per heavy atom. The summed E-state index contributed by atoms with van der Waals surface area (Å²) in [5, 5.41) is 0. The molecule has 0 fully saturated rings. The number of hydrogen-bond acceptors (Lipinski definition) is 4. The van der Waals surface area contributed by atoms with Crippen molar-refractivity contribution in [3.05, 3.63) is 0 Å². The fourth-order valence-corrected chi connectivity index (χ4v) is 5.31. The van der Waals surface area contributed by atoms with Gasteiger partial charge in [-0.3, -0.25) is 0 Å². The maximum Gasteiger partial charge on any atom is 0.500 e. The number of nitrogens with two attached hydrogens (primary N) is 1. The Balaban J connectivity index is 3.20. The Kier molecular flexibility index (Phi) is 19.9. The van der Waals surface area contributed by atoms with E-state index in [2.05, 4.69) is 0 Å². The first-order valence-electron chi connectivity index (χ1n) is 11.1. The molecule has 0 aromatic rings. The predicted octanol–water partition coefficient (Wildman–Crippen LogP) is 6.06. The van der Waals surface area contributed by atoms with Crippen molar-refractivity contribution in [3.63, 3.8) is 0 Å². The van der Waals surface area contributed by atoms with Crippen LogP contribution in [-0.2, 0) is 13.3 Å². The van der Waals surface area contributed by atoms with Gasteiger partial charge in [0, 0.05) is 27.4 Å². The molecule has 0 rings (SSSR count). The fraction of sp³-hybridized carbons (Fsp3) is 1.00. The number of unbranched alkanes of at least 4 members (excludes halogenated alkanes) is 15. The van der Waals surface area contributed by atoms with Crippen LogP contribution in [0.15, 0.2) is 0 Å². The van der Waals surface area contributed by atoms with E-state index < -0.39 is 8.80 Å². The third-order valence-electron chi connectivity index (χ3n) is 5.37. The molecule has 0 heterocycles. The average molecular weight is 390 g/mol. The third kappa shape index (κ3) is 15.1.